The summed E-state index contributed by atoms with van der Waals surface area (Å²) in [5, 5.41) is 11.9. The van der Waals surface area contributed by atoms with Gasteiger partial charge in [-0.05, 0) is 62.9 Å². The van der Waals surface area contributed by atoms with Crippen molar-refractivity contribution >= 4 is 5.82 Å². The molecule has 0 saturated heterocycles. The molecule has 0 aliphatic carbocycles. The van der Waals surface area contributed by atoms with E-state index in [1.54, 1.807) is 0 Å². The zero-order chi connectivity index (χ0) is 14.0. The Morgan fingerprint density at radius 2 is 1.68 bits per heavy atom. The van der Waals surface area contributed by atoms with E-state index in [0.717, 1.165) is 23.6 Å². The minimum absolute atomic E-state index is 0.859. The van der Waals surface area contributed by atoms with Gasteiger partial charge in [0.1, 0.15) is 0 Å². The largest absolute Gasteiger partial charge is 0.369 e. The number of aryl methyl sites for hydroxylation is 2. The van der Waals surface area contributed by atoms with E-state index in [1.807, 2.05) is 0 Å². The quantitative estimate of drug-likeness (QED) is 0.906. The lowest BCUT2D eigenvalue weighted by Crippen LogP contribution is -2.06. The molecule has 2 aromatic rings. The number of aromatic nitrogens is 2. The van der Waals surface area contributed by atoms with Gasteiger partial charge in [0.05, 0.1) is 5.69 Å². The van der Waals surface area contributed by atoms with Crippen molar-refractivity contribution in [1.82, 2.24) is 10.2 Å². The van der Waals surface area contributed by atoms with Crippen molar-refractivity contribution in [3.8, 4) is 11.3 Å². The van der Waals surface area contributed by atoms with Gasteiger partial charge >= 0.3 is 0 Å². The molecule has 1 aromatic heterocycles. The van der Waals surface area contributed by atoms with Crippen molar-refractivity contribution in [3.05, 3.63) is 40.5 Å². The zero-order valence-corrected chi connectivity index (χ0v) is 12.3. The Labute approximate surface area is 115 Å². The first-order chi connectivity index (χ1) is 9.04. The van der Waals surface area contributed by atoms with Crippen LogP contribution in [0, 0.1) is 27.7 Å². The van der Waals surface area contributed by atoms with Crippen LogP contribution in [0.5, 0.6) is 0 Å². The lowest BCUT2D eigenvalue weighted by molar-refractivity contribution is 0.986. The summed E-state index contributed by atoms with van der Waals surface area (Å²) < 4.78 is 0. The maximum Gasteiger partial charge on any atom is 0.151 e. The average Bonchev–Trinajstić information content (AvgIpc) is 2.39. The zero-order valence-electron chi connectivity index (χ0n) is 12.3. The smallest absolute Gasteiger partial charge is 0.151 e. The molecule has 1 aromatic carbocycles. The third kappa shape index (κ3) is 2.60. The molecular weight excluding hydrogens is 234 g/mol. The number of nitrogens with one attached hydrogen (secondary N) is 1. The third-order valence-corrected chi connectivity index (χ3v) is 3.65. The van der Waals surface area contributed by atoms with Crippen molar-refractivity contribution in [1.29, 1.82) is 0 Å². The number of benzene rings is 1. The van der Waals surface area contributed by atoms with E-state index >= 15 is 0 Å². The second-order valence-electron chi connectivity index (χ2n) is 4.98. The molecule has 19 heavy (non-hydrogen) atoms. The highest BCUT2D eigenvalue weighted by Gasteiger charge is 2.11. The number of hydrogen-bond donors (Lipinski definition) is 1. The Morgan fingerprint density at radius 3 is 2.32 bits per heavy atom. The van der Waals surface area contributed by atoms with E-state index < -0.39 is 0 Å². The van der Waals surface area contributed by atoms with E-state index in [4.69, 9.17) is 0 Å². The van der Waals surface area contributed by atoms with E-state index in [2.05, 4.69) is 68.3 Å². The van der Waals surface area contributed by atoms with Gasteiger partial charge in [-0.1, -0.05) is 12.1 Å². The Bertz CT molecular complexity index is 603. The maximum absolute atomic E-state index is 4.39. The molecule has 0 bridgehead atoms. The molecule has 3 heteroatoms. The van der Waals surface area contributed by atoms with Crippen molar-refractivity contribution in [3.63, 3.8) is 0 Å². The van der Waals surface area contributed by atoms with Crippen LogP contribution in [0.15, 0.2) is 18.2 Å². The molecule has 0 fully saturated rings. The van der Waals surface area contributed by atoms with Crippen LogP contribution in [-0.2, 0) is 0 Å². The Hall–Kier alpha value is -1.90. The van der Waals surface area contributed by atoms with Gasteiger partial charge < -0.3 is 5.32 Å². The first-order valence-corrected chi connectivity index (χ1v) is 6.70. The van der Waals surface area contributed by atoms with Crippen LogP contribution in [0.25, 0.3) is 11.3 Å². The van der Waals surface area contributed by atoms with Gasteiger partial charge in [0.2, 0.25) is 0 Å². The summed E-state index contributed by atoms with van der Waals surface area (Å²) in [5.41, 5.74) is 7.06. The van der Waals surface area contributed by atoms with E-state index in [1.165, 1.54) is 22.3 Å². The summed E-state index contributed by atoms with van der Waals surface area (Å²) in [6, 6.07) is 6.43. The molecule has 0 saturated carbocycles. The monoisotopic (exact) mass is 255 g/mol. The molecule has 1 heterocycles. The molecular formula is C16H21N3. The maximum atomic E-state index is 4.39. The lowest BCUT2D eigenvalue weighted by atomic mass is 10.00. The molecule has 100 valence electrons. The second-order valence-corrected chi connectivity index (χ2v) is 4.98. The van der Waals surface area contributed by atoms with Crippen LogP contribution in [0.1, 0.15) is 29.2 Å². The van der Waals surface area contributed by atoms with Crippen molar-refractivity contribution in [2.75, 3.05) is 11.9 Å². The molecule has 0 aliphatic rings. The van der Waals surface area contributed by atoms with Crippen molar-refractivity contribution in [2.24, 2.45) is 0 Å². The number of anilines is 1. The highest BCUT2D eigenvalue weighted by Crippen LogP contribution is 2.27. The van der Waals surface area contributed by atoms with E-state index in [0.29, 0.717) is 0 Å². The van der Waals surface area contributed by atoms with Gasteiger partial charge in [-0.2, -0.15) is 0 Å². The average molecular weight is 255 g/mol. The predicted molar refractivity (Wildman–Crippen MR) is 80.6 cm³/mol. The summed E-state index contributed by atoms with van der Waals surface area (Å²) in [5.74, 6) is 0.882. The predicted octanol–water partition coefficient (Wildman–Crippen LogP) is 3.81. The minimum atomic E-state index is 0.859. The molecule has 0 aliphatic heterocycles. The van der Waals surface area contributed by atoms with Gasteiger partial charge in [0.15, 0.2) is 5.82 Å². The minimum Gasteiger partial charge on any atom is -0.369 e. The van der Waals surface area contributed by atoms with Gasteiger partial charge in [-0.3, -0.25) is 0 Å². The molecule has 0 radical (unpaired) electrons. The van der Waals surface area contributed by atoms with Crippen LogP contribution in [0.3, 0.4) is 0 Å². The van der Waals surface area contributed by atoms with Crippen LogP contribution in [-0.4, -0.2) is 16.7 Å². The number of rotatable bonds is 3. The van der Waals surface area contributed by atoms with Crippen LogP contribution < -0.4 is 5.32 Å². The highest BCUT2D eigenvalue weighted by atomic mass is 15.2. The molecule has 1 N–H and O–H groups in total. The van der Waals surface area contributed by atoms with Crippen LogP contribution in [0.4, 0.5) is 5.82 Å². The van der Waals surface area contributed by atoms with Gasteiger partial charge in [-0.15, -0.1) is 10.2 Å². The number of nitrogens with zero attached hydrogens (tertiary/aromatic N) is 2. The van der Waals surface area contributed by atoms with Gasteiger partial charge in [0, 0.05) is 12.1 Å². The molecule has 2 rings (SSSR count). The molecule has 0 amide bonds. The van der Waals surface area contributed by atoms with Gasteiger partial charge in [-0.25, -0.2) is 0 Å². The lowest BCUT2D eigenvalue weighted by Gasteiger charge is -2.12. The third-order valence-electron chi connectivity index (χ3n) is 3.65. The Morgan fingerprint density at radius 1 is 0.947 bits per heavy atom. The van der Waals surface area contributed by atoms with Crippen LogP contribution in [0.2, 0.25) is 0 Å². The van der Waals surface area contributed by atoms with E-state index in [-0.39, 0.29) is 0 Å². The summed E-state index contributed by atoms with van der Waals surface area (Å²) in [7, 11) is 0. The highest BCUT2D eigenvalue weighted by molar-refractivity contribution is 5.67. The molecule has 0 unspecified atom stereocenters. The van der Waals surface area contributed by atoms with Gasteiger partial charge in [0.25, 0.3) is 0 Å². The molecule has 3 nitrogen and oxygen atoms in total. The first-order valence-electron chi connectivity index (χ1n) is 6.70. The first kappa shape index (κ1) is 13.5. The molecule has 0 atom stereocenters. The van der Waals surface area contributed by atoms with Crippen molar-refractivity contribution in [2.45, 2.75) is 34.6 Å². The Balaban J connectivity index is 2.51. The Kier molecular flexibility index (Phi) is 3.84. The fourth-order valence-corrected chi connectivity index (χ4v) is 2.10. The van der Waals surface area contributed by atoms with E-state index in [9.17, 15) is 0 Å². The topological polar surface area (TPSA) is 37.8 Å². The standard InChI is InChI=1S/C16H21N3/c1-6-17-16-13(5)12(4)15(18-19-16)14-8-7-10(2)11(3)9-14/h7-9H,6H2,1-5H3,(H,17,19). The summed E-state index contributed by atoms with van der Waals surface area (Å²) >= 11 is 0. The fourth-order valence-electron chi connectivity index (χ4n) is 2.10. The fraction of sp³-hybridized carbons (Fsp3) is 0.375. The SMILES string of the molecule is CCNc1nnc(-c2ccc(C)c(C)c2)c(C)c1C. The molecule has 0 spiro atoms. The summed E-state index contributed by atoms with van der Waals surface area (Å²) in [4.78, 5) is 0. The second kappa shape index (κ2) is 5.39. The number of hydrogen-bond acceptors (Lipinski definition) is 3. The normalized spacial score (nSPS) is 10.6. The summed E-state index contributed by atoms with van der Waals surface area (Å²) in [6.07, 6.45) is 0. The van der Waals surface area contributed by atoms with Crippen molar-refractivity contribution < 1.29 is 0 Å². The summed E-state index contributed by atoms with van der Waals surface area (Å²) in [6.45, 7) is 11.4. The van der Waals surface area contributed by atoms with Crippen LogP contribution >= 0.6 is 0 Å².